The number of rotatable bonds is 2. The van der Waals surface area contributed by atoms with Crippen molar-refractivity contribution in [3.63, 3.8) is 0 Å². The largest absolute Gasteiger partial charge is 0.326 e. The molecule has 1 aromatic carbocycles. The van der Waals surface area contributed by atoms with Crippen LogP contribution in [0.5, 0.6) is 0 Å². The summed E-state index contributed by atoms with van der Waals surface area (Å²) >= 11 is 0. The molecule has 1 aromatic rings. The van der Waals surface area contributed by atoms with Gasteiger partial charge in [-0.05, 0) is 49.5 Å². The second-order valence-corrected chi connectivity index (χ2v) is 5.48. The van der Waals surface area contributed by atoms with Gasteiger partial charge in [0.15, 0.2) is 0 Å². The highest BCUT2D eigenvalue weighted by Crippen LogP contribution is 2.29. The van der Waals surface area contributed by atoms with E-state index in [9.17, 15) is 4.79 Å². The van der Waals surface area contributed by atoms with Gasteiger partial charge in [0.25, 0.3) is 0 Å². The van der Waals surface area contributed by atoms with E-state index in [0.717, 1.165) is 31.9 Å². The summed E-state index contributed by atoms with van der Waals surface area (Å²) in [4.78, 5) is 15.7. The number of urea groups is 1. The van der Waals surface area contributed by atoms with Crippen molar-refractivity contribution < 1.29 is 4.79 Å². The lowest BCUT2D eigenvalue weighted by Crippen LogP contribution is -2.29. The molecule has 102 valence electrons. The van der Waals surface area contributed by atoms with E-state index in [2.05, 4.69) is 23.5 Å². The SMILES string of the molecule is CN1CCN(c2cccc(C3CCNCC3)c2)C1=O. The molecule has 2 fully saturated rings. The zero-order valence-electron chi connectivity index (χ0n) is 11.4. The molecule has 0 spiro atoms. The maximum Gasteiger partial charge on any atom is 0.324 e. The normalized spacial score (nSPS) is 21.2. The number of nitrogens with one attached hydrogen (secondary N) is 1. The fraction of sp³-hybridized carbons (Fsp3) is 0.533. The summed E-state index contributed by atoms with van der Waals surface area (Å²) in [7, 11) is 1.86. The van der Waals surface area contributed by atoms with Crippen LogP contribution in [0.4, 0.5) is 10.5 Å². The van der Waals surface area contributed by atoms with Gasteiger partial charge in [0.1, 0.15) is 0 Å². The third-order valence-corrected chi connectivity index (χ3v) is 4.21. The molecule has 0 aromatic heterocycles. The van der Waals surface area contributed by atoms with E-state index in [1.165, 1.54) is 18.4 Å². The lowest BCUT2D eigenvalue weighted by atomic mass is 9.90. The summed E-state index contributed by atoms with van der Waals surface area (Å²) in [5.41, 5.74) is 2.42. The number of hydrogen-bond acceptors (Lipinski definition) is 2. The molecule has 19 heavy (non-hydrogen) atoms. The fourth-order valence-corrected chi connectivity index (χ4v) is 2.99. The van der Waals surface area contributed by atoms with Crippen molar-refractivity contribution in [3.05, 3.63) is 29.8 Å². The molecule has 4 heteroatoms. The minimum atomic E-state index is 0.113. The smallest absolute Gasteiger partial charge is 0.324 e. The van der Waals surface area contributed by atoms with E-state index in [1.54, 1.807) is 4.90 Å². The second kappa shape index (κ2) is 5.21. The van der Waals surface area contributed by atoms with E-state index >= 15 is 0 Å². The Kier molecular flexibility index (Phi) is 3.42. The van der Waals surface area contributed by atoms with Gasteiger partial charge in [0, 0.05) is 25.8 Å². The first-order valence-electron chi connectivity index (χ1n) is 7.09. The van der Waals surface area contributed by atoms with E-state index in [1.807, 2.05) is 18.0 Å². The van der Waals surface area contributed by atoms with Gasteiger partial charge < -0.3 is 10.2 Å². The van der Waals surface area contributed by atoms with Gasteiger partial charge in [0.2, 0.25) is 0 Å². The Labute approximate surface area is 114 Å². The molecule has 0 atom stereocenters. The van der Waals surface area contributed by atoms with Gasteiger partial charge in [-0.1, -0.05) is 12.1 Å². The Hall–Kier alpha value is -1.55. The Morgan fingerprint density at radius 1 is 1.21 bits per heavy atom. The summed E-state index contributed by atoms with van der Waals surface area (Å²) in [6, 6.07) is 8.64. The van der Waals surface area contributed by atoms with Crippen molar-refractivity contribution >= 4 is 11.7 Å². The average molecular weight is 259 g/mol. The highest BCUT2D eigenvalue weighted by Gasteiger charge is 2.27. The number of anilines is 1. The lowest BCUT2D eigenvalue weighted by molar-refractivity contribution is 0.229. The molecule has 2 heterocycles. The van der Waals surface area contributed by atoms with Crippen LogP contribution in [-0.2, 0) is 0 Å². The third-order valence-electron chi connectivity index (χ3n) is 4.21. The lowest BCUT2D eigenvalue weighted by Gasteiger charge is -2.24. The van der Waals surface area contributed by atoms with E-state index in [-0.39, 0.29) is 6.03 Å². The summed E-state index contributed by atoms with van der Waals surface area (Å²) in [5, 5.41) is 3.40. The maximum absolute atomic E-state index is 12.0. The molecular formula is C15H21N3O. The van der Waals surface area contributed by atoms with Crippen LogP contribution < -0.4 is 10.2 Å². The Morgan fingerprint density at radius 2 is 2.00 bits per heavy atom. The van der Waals surface area contributed by atoms with E-state index in [0.29, 0.717) is 5.92 Å². The third kappa shape index (κ3) is 2.45. The number of amides is 2. The minimum absolute atomic E-state index is 0.113. The van der Waals surface area contributed by atoms with Crippen LogP contribution in [0, 0.1) is 0 Å². The number of likely N-dealkylation sites (N-methyl/N-ethyl adjacent to an activating group) is 1. The van der Waals surface area contributed by atoms with Crippen LogP contribution in [0.1, 0.15) is 24.3 Å². The molecule has 2 saturated heterocycles. The predicted molar refractivity (Wildman–Crippen MR) is 76.7 cm³/mol. The summed E-state index contributed by atoms with van der Waals surface area (Å²) in [6.07, 6.45) is 2.38. The van der Waals surface area contributed by atoms with Gasteiger partial charge in [-0.15, -0.1) is 0 Å². The van der Waals surface area contributed by atoms with Crippen molar-refractivity contribution in [1.29, 1.82) is 0 Å². The number of hydrogen-bond donors (Lipinski definition) is 1. The molecule has 4 nitrogen and oxygen atoms in total. The van der Waals surface area contributed by atoms with Crippen LogP contribution in [0.25, 0.3) is 0 Å². The molecular weight excluding hydrogens is 238 g/mol. The molecule has 3 rings (SSSR count). The second-order valence-electron chi connectivity index (χ2n) is 5.48. The molecule has 0 aliphatic carbocycles. The Bertz CT molecular complexity index is 468. The van der Waals surface area contributed by atoms with Crippen LogP contribution in [-0.4, -0.2) is 44.2 Å². The molecule has 2 aliphatic heterocycles. The summed E-state index contributed by atoms with van der Waals surface area (Å²) < 4.78 is 0. The zero-order chi connectivity index (χ0) is 13.2. The monoisotopic (exact) mass is 259 g/mol. The summed E-state index contributed by atoms with van der Waals surface area (Å²) in [6.45, 7) is 3.81. The molecule has 0 bridgehead atoms. The number of piperidine rings is 1. The number of carbonyl (C=O) groups excluding carboxylic acids is 1. The van der Waals surface area contributed by atoms with Gasteiger partial charge in [-0.2, -0.15) is 0 Å². The highest BCUT2D eigenvalue weighted by molar-refractivity contribution is 5.94. The molecule has 2 amide bonds. The summed E-state index contributed by atoms with van der Waals surface area (Å²) in [5.74, 6) is 0.636. The topological polar surface area (TPSA) is 35.6 Å². The Balaban J connectivity index is 1.81. The van der Waals surface area contributed by atoms with Crippen LogP contribution >= 0.6 is 0 Å². The van der Waals surface area contributed by atoms with Crippen molar-refractivity contribution in [2.24, 2.45) is 0 Å². The quantitative estimate of drug-likeness (QED) is 0.882. The number of carbonyl (C=O) groups is 1. The molecule has 0 radical (unpaired) electrons. The van der Waals surface area contributed by atoms with Crippen LogP contribution in [0.15, 0.2) is 24.3 Å². The molecule has 2 aliphatic rings. The van der Waals surface area contributed by atoms with Gasteiger partial charge in [0.05, 0.1) is 0 Å². The standard InChI is InChI=1S/C15H21N3O/c1-17-9-10-18(15(17)19)14-4-2-3-13(11-14)12-5-7-16-8-6-12/h2-4,11-12,16H,5-10H2,1H3. The first kappa shape index (κ1) is 12.5. The Morgan fingerprint density at radius 3 is 2.68 bits per heavy atom. The first-order valence-corrected chi connectivity index (χ1v) is 7.09. The highest BCUT2D eigenvalue weighted by atomic mass is 16.2. The first-order chi connectivity index (χ1) is 9.25. The molecule has 0 saturated carbocycles. The predicted octanol–water partition coefficient (Wildman–Crippen LogP) is 2.03. The van der Waals surface area contributed by atoms with Crippen LogP contribution in [0.2, 0.25) is 0 Å². The van der Waals surface area contributed by atoms with Crippen molar-refractivity contribution in [2.75, 3.05) is 38.1 Å². The zero-order valence-corrected chi connectivity index (χ0v) is 11.4. The van der Waals surface area contributed by atoms with E-state index in [4.69, 9.17) is 0 Å². The molecule has 1 N–H and O–H groups in total. The minimum Gasteiger partial charge on any atom is -0.326 e. The number of benzene rings is 1. The van der Waals surface area contributed by atoms with Crippen molar-refractivity contribution in [1.82, 2.24) is 10.2 Å². The van der Waals surface area contributed by atoms with Gasteiger partial charge in [-0.25, -0.2) is 4.79 Å². The molecule has 0 unspecified atom stereocenters. The maximum atomic E-state index is 12.0. The fourth-order valence-electron chi connectivity index (χ4n) is 2.99. The average Bonchev–Trinajstić information content (AvgIpc) is 2.80. The van der Waals surface area contributed by atoms with Gasteiger partial charge >= 0.3 is 6.03 Å². The van der Waals surface area contributed by atoms with Crippen molar-refractivity contribution in [3.8, 4) is 0 Å². The van der Waals surface area contributed by atoms with Gasteiger partial charge in [-0.3, -0.25) is 4.90 Å². The van der Waals surface area contributed by atoms with Crippen LogP contribution in [0.3, 0.4) is 0 Å². The number of nitrogens with zero attached hydrogens (tertiary/aromatic N) is 2. The van der Waals surface area contributed by atoms with E-state index < -0.39 is 0 Å². The van der Waals surface area contributed by atoms with Crippen molar-refractivity contribution in [2.45, 2.75) is 18.8 Å².